The van der Waals surface area contributed by atoms with Gasteiger partial charge in [-0.2, -0.15) is 0 Å². The number of amides is 1. The summed E-state index contributed by atoms with van der Waals surface area (Å²) in [5, 5.41) is 0.810. The molecule has 0 spiro atoms. The van der Waals surface area contributed by atoms with E-state index in [1.165, 1.54) is 0 Å². The van der Waals surface area contributed by atoms with Crippen LogP contribution in [0.5, 0.6) is 0 Å². The minimum Gasteiger partial charge on any atom is -0.444 e. The molecule has 0 bridgehead atoms. The molecule has 0 aromatic heterocycles. The van der Waals surface area contributed by atoms with Crippen LogP contribution in [0.25, 0.3) is 0 Å². The van der Waals surface area contributed by atoms with Crippen LogP contribution in [0.1, 0.15) is 60.8 Å². The Labute approximate surface area is 144 Å². The average molecular weight is 378 g/mol. The first-order valence-corrected chi connectivity index (χ1v) is 9.41. The molecule has 0 radical (unpaired) electrons. The number of carbonyl (C=O) groups is 1. The number of hydrogen-bond donors (Lipinski definition) is 0. The molecule has 1 atom stereocenters. The fourth-order valence-corrected chi connectivity index (χ4v) is 3.54. The van der Waals surface area contributed by atoms with Crippen LogP contribution < -0.4 is 0 Å². The van der Waals surface area contributed by atoms with E-state index in [2.05, 4.69) is 36.7 Å². The van der Waals surface area contributed by atoms with Gasteiger partial charge in [-0.3, -0.25) is 0 Å². The van der Waals surface area contributed by atoms with Crippen molar-refractivity contribution in [2.45, 2.75) is 78.1 Å². The highest BCUT2D eigenvalue weighted by Gasteiger charge is 2.38. The lowest BCUT2D eigenvalue weighted by Gasteiger charge is -2.42. The van der Waals surface area contributed by atoms with Crippen LogP contribution in [0.2, 0.25) is 0 Å². The summed E-state index contributed by atoms with van der Waals surface area (Å²) in [7, 11) is 0. The molecule has 1 rings (SSSR count). The van der Waals surface area contributed by atoms with Crippen molar-refractivity contribution in [2.75, 3.05) is 18.4 Å². The maximum absolute atomic E-state index is 12.1. The molecule has 5 heteroatoms. The van der Waals surface area contributed by atoms with E-state index in [1.807, 2.05) is 20.8 Å². The van der Waals surface area contributed by atoms with E-state index in [-0.39, 0.29) is 17.8 Å². The van der Waals surface area contributed by atoms with Gasteiger partial charge in [0.1, 0.15) is 5.60 Å². The summed E-state index contributed by atoms with van der Waals surface area (Å²) in [5.41, 5.74) is -0.601. The third kappa shape index (κ3) is 6.45. The molecule has 130 valence electrons. The van der Waals surface area contributed by atoms with Gasteiger partial charge in [-0.05, 0) is 52.9 Å². The van der Waals surface area contributed by atoms with E-state index in [4.69, 9.17) is 9.47 Å². The van der Waals surface area contributed by atoms with E-state index >= 15 is 0 Å². The summed E-state index contributed by atoms with van der Waals surface area (Å²) < 4.78 is 11.8. The van der Waals surface area contributed by atoms with Gasteiger partial charge in [-0.1, -0.05) is 29.8 Å². The molecule has 1 amide bonds. The van der Waals surface area contributed by atoms with Crippen molar-refractivity contribution in [3.8, 4) is 0 Å². The summed E-state index contributed by atoms with van der Waals surface area (Å²) >= 11 is 3.61. The molecule has 1 aliphatic heterocycles. The fraction of sp³-hybridized carbons (Fsp3) is 0.941. The van der Waals surface area contributed by atoms with Crippen LogP contribution in [0.3, 0.4) is 0 Å². The van der Waals surface area contributed by atoms with Gasteiger partial charge in [0.15, 0.2) is 0 Å². The van der Waals surface area contributed by atoms with Crippen LogP contribution >= 0.6 is 15.9 Å². The van der Waals surface area contributed by atoms with Gasteiger partial charge in [0.25, 0.3) is 0 Å². The normalized spacial score (nSPS) is 20.1. The fourth-order valence-electron chi connectivity index (χ4n) is 2.85. The van der Waals surface area contributed by atoms with Gasteiger partial charge in [-0.15, -0.1) is 0 Å². The van der Waals surface area contributed by atoms with Crippen molar-refractivity contribution in [3.63, 3.8) is 0 Å². The largest absolute Gasteiger partial charge is 0.444 e. The topological polar surface area (TPSA) is 38.8 Å². The molecule has 1 unspecified atom stereocenters. The Morgan fingerprint density at radius 1 is 1.23 bits per heavy atom. The Morgan fingerprint density at radius 3 is 2.18 bits per heavy atom. The van der Waals surface area contributed by atoms with Crippen LogP contribution in [-0.4, -0.2) is 46.7 Å². The second-order valence-corrected chi connectivity index (χ2v) is 8.40. The third-order valence-electron chi connectivity index (χ3n) is 3.82. The molecule has 4 nitrogen and oxygen atoms in total. The molecule has 1 heterocycles. The first-order valence-electron chi connectivity index (χ1n) is 8.28. The Balaban J connectivity index is 2.55. The summed E-state index contributed by atoms with van der Waals surface area (Å²) in [4.78, 5) is 13.9. The molecule has 1 fully saturated rings. The number of halogens is 1. The first kappa shape index (κ1) is 19.8. The van der Waals surface area contributed by atoms with Crippen molar-refractivity contribution in [1.29, 1.82) is 0 Å². The zero-order valence-electron chi connectivity index (χ0n) is 14.9. The smallest absolute Gasteiger partial charge is 0.410 e. The summed E-state index contributed by atoms with van der Waals surface area (Å²) in [6, 6.07) is 0. The van der Waals surface area contributed by atoms with Gasteiger partial charge in [0.2, 0.25) is 0 Å². The Kier molecular flexibility index (Phi) is 7.19. The highest BCUT2D eigenvalue weighted by atomic mass is 79.9. The first-order chi connectivity index (χ1) is 10.1. The number of likely N-dealkylation sites (tertiary alicyclic amines) is 1. The van der Waals surface area contributed by atoms with Gasteiger partial charge in [-0.25, -0.2) is 4.79 Å². The Morgan fingerprint density at radius 2 is 1.77 bits per heavy atom. The van der Waals surface area contributed by atoms with Crippen molar-refractivity contribution in [1.82, 2.24) is 4.90 Å². The maximum Gasteiger partial charge on any atom is 0.410 e. The second kappa shape index (κ2) is 8.00. The molecular formula is C17H32BrNO3. The lowest BCUT2D eigenvalue weighted by molar-refractivity contribution is -0.106. The third-order valence-corrected chi connectivity index (χ3v) is 4.85. The highest BCUT2D eigenvalue weighted by molar-refractivity contribution is 9.09. The number of nitrogens with zero attached hydrogens (tertiary/aromatic N) is 1. The molecular weight excluding hydrogens is 346 g/mol. The van der Waals surface area contributed by atoms with E-state index in [0.29, 0.717) is 19.0 Å². The molecule has 1 aliphatic rings. The summed E-state index contributed by atoms with van der Waals surface area (Å²) in [6.07, 6.45) is 2.78. The van der Waals surface area contributed by atoms with E-state index in [1.54, 1.807) is 4.90 Å². The minimum absolute atomic E-state index is 0.160. The molecule has 0 saturated carbocycles. The standard InChI is InChI=1S/C17H32BrNO3/c1-13(2)11-14(3)21-17(12-18)7-9-19(10-8-17)15(20)22-16(4,5)6/h13-14H,7-12H2,1-6H3. The molecule has 0 aromatic carbocycles. The Bertz CT molecular complexity index is 357. The minimum atomic E-state index is -0.441. The summed E-state index contributed by atoms with van der Waals surface area (Å²) in [5.74, 6) is 0.629. The number of hydrogen-bond acceptors (Lipinski definition) is 3. The number of alkyl halides is 1. The Hall–Kier alpha value is -0.290. The summed E-state index contributed by atoms with van der Waals surface area (Å²) in [6.45, 7) is 13.6. The lowest BCUT2D eigenvalue weighted by atomic mass is 9.92. The zero-order valence-corrected chi connectivity index (χ0v) is 16.5. The lowest BCUT2D eigenvalue weighted by Crippen LogP contribution is -2.51. The molecule has 0 N–H and O–H groups in total. The second-order valence-electron chi connectivity index (χ2n) is 7.84. The van der Waals surface area contributed by atoms with Crippen molar-refractivity contribution in [3.05, 3.63) is 0 Å². The van der Waals surface area contributed by atoms with Crippen molar-refractivity contribution in [2.24, 2.45) is 5.92 Å². The van der Waals surface area contributed by atoms with E-state index < -0.39 is 5.60 Å². The van der Waals surface area contributed by atoms with Gasteiger partial charge in [0, 0.05) is 18.4 Å². The molecule has 0 aromatic rings. The number of carbonyl (C=O) groups excluding carboxylic acids is 1. The van der Waals surface area contributed by atoms with Crippen LogP contribution in [-0.2, 0) is 9.47 Å². The number of piperidine rings is 1. The van der Waals surface area contributed by atoms with Crippen LogP contribution in [0.4, 0.5) is 4.79 Å². The zero-order chi connectivity index (χ0) is 17.0. The average Bonchev–Trinajstić information content (AvgIpc) is 2.36. The maximum atomic E-state index is 12.1. The van der Waals surface area contributed by atoms with Crippen LogP contribution in [0.15, 0.2) is 0 Å². The predicted molar refractivity (Wildman–Crippen MR) is 93.6 cm³/mol. The molecule has 1 saturated heterocycles. The number of rotatable bonds is 5. The highest BCUT2D eigenvalue weighted by Crippen LogP contribution is 2.31. The van der Waals surface area contributed by atoms with Gasteiger partial charge >= 0.3 is 6.09 Å². The molecule has 22 heavy (non-hydrogen) atoms. The van der Waals surface area contributed by atoms with E-state index in [0.717, 1.165) is 24.6 Å². The SMILES string of the molecule is CC(C)CC(C)OC1(CBr)CCN(C(=O)OC(C)(C)C)CC1. The molecule has 0 aliphatic carbocycles. The van der Waals surface area contributed by atoms with Crippen molar-refractivity contribution < 1.29 is 14.3 Å². The quantitative estimate of drug-likeness (QED) is 0.656. The van der Waals surface area contributed by atoms with Crippen molar-refractivity contribution >= 4 is 22.0 Å². The number of ether oxygens (including phenoxy) is 2. The predicted octanol–water partition coefficient (Wildman–Crippen LogP) is 4.60. The van der Waals surface area contributed by atoms with Gasteiger partial charge < -0.3 is 14.4 Å². The van der Waals surface area contributed by atoms with E-state index in [9.17, 15) is 4.79 Å². The monoisotopic (exact) mass is 377 g/mol. The van der Waals surface area contributed by atoms with Gasteiger partial charge in [0.05, 0.1) is 11.7 Å². The van der Waals surface area contributed by atoms with Crippen LogP contribution in [0, 0.1) is 5.92 Å².